The van der Waals surface area contributed by atoms with Crippen LogP contribution < -0.4 is 5.32 Å². The molecule has 27 heavy (non-hydrogen) atoms. The number of aromatic amines is 1. The van der Waals surface area contributed by atoms with Gasteiger partial charge in [-0.05, 0) is 91.6 Å². The lowest BCUT2D eigenvalue weighted by Gasteiger charge is -2.13. The highest BCUT2D eigenvalue weighted by Gasteiger charge is 2.11. The van der Waals surface area contributed by atoms with Gasteiger partial charge in [0.05, 0.1) is 0 Å². The summed E-state index contributed by atoms with van der Waals surface area (Å²) in [5, 5.41) is 4.20. The maximum atomic E-state index is 12.4. The molecule has 2 N–H and O–H groups in total. The monoisotopic (exact) mass is 360 g/mol. The van der Waals surface area contributed by atoms with E-state index in [0.717, 1.165) is 16.7 Å². The summed E-state index contributed by atoms with van der Waals surface area (Å²) in [6, 6.07) is 13.1. The van der Waals surface area contributed by atoms with Crippen molar-refractivity contribution in [2.24, 2.45) is 0 Å². The van der Waals surface area contributed by atoms with Gasteiger partial charge in [0.15, 0.2) is 0 Å². The molecule has 0 aliphatic carbocycles. The minimum atomic E-state index is 0.0199. The molecule has 3 rings (SSSR count). The standard InChI is InChI=1S/C24H28N2O/c1-6-18(24(27)26-15(2)3)13-21-11-17(5)22(12-16(21)4)19-7-8-23-20(14-19)9-10-25-23/h7-15,25H,6H2,1-5H3,(H,26,27). The predicted molar refractivity (Wildman–Crippen MR) is 115 cm³/mol. The number of carbonyl (C=O) groups is 1. The molecule has 0 spiro atoms. The number of hydrogen-bond acceptors (Lipinski definition) is 1. The van der Waals surface area contributed by atoms with E-state index in [9.17, 15) is 4.79 Å². The predicted octanol–water partition coefficient (Wildman–Crippen LogP) is 5.77. The first-order valence-corrected chi connectivity index (χ1v) is 9.59. The summed E-state index contributed by atoms with van der Waals surface area (Å²) in [6.07, 6.45) is 4.71. The summed E-state index contributed by atoms with van der Waals surface area (Å²) in [5.41, 5.74) is 7.90. The van der Waals surface area contributed by atoms with E-state index in [1.807, 2.05) is 33.0 Å². The van der Waals surface area contributed by atoms with Gasteiger partial charge < -0.3 is 10.3 Å². The number of nitrogens with one attached hydrogen (secondary N) is 2. The largest absolute Gasteiger partial charge is 0.361 e. The summed E-state index contributed by atoms with van der Waals surface area (Å²) in [5.74, 6) is 0.0199. The number of carbonyl (C=O) groups excluding carboxylic acids is 1. The van der Waals surface area contributed by atoms with Crippen LogP contribution in [0.1, 0.15) is 43.9 Å². The highest BCUT2D eigenvalue weighted by molar-refractivity contribution is 5.98. The number of fused-ring (bicyclic) bond motifs is 1. The number of amides is 1. The third-order valence-electron chi connectivity index (χ3n) is 4.90. The van der Waals surface area contributed by atoms with Gasteiger partial charge in [0.25, 0.3) is 0 Å². The summed E-state index contributed by atoms with van der Waals surface area (Å²) >= 11 is 0. The Labute approximate surface area is 161 Å². The summed E-state index contributed by atoms with van der Waals surface area (Å²) in [4.78, 5) is 15.6. The molecule has 140 valence electrons. The highest BCUT2D eigenvalue weighted by Crippen LogP contribution is 2.30. The average Bonchev–Trinajstić information content (AvgIpc) is 3.09. The lowest BCUT2D eigenvalue weighted by molar-refractivity contribution is -0.118. The van der Waals surface area contributed by atoms with Crippen LogP contribution in [0.2, 0.25) is 0 Å². The smallest absolute Gasteiger partial charge is 0.247 e. The van der Waals surface area contributed by atoms with Crippen LogP contribution in [-0.4, -0.2) is 16.9 Å². The summed E-state index contributed by atoms with van der Waals surface area (Å²) in [6.45, 7) is 10.2. The number of rotatable bonds is 5. The van der Waals surface area contributed by atoms with E-state index in [0.29, 0.717) is 6.42 Å². The fourth-order valence-electron chi connectivity index (χ4n) is 3.40. The molecule has 0 aliphatic heterocycles. The SMILES string of the molecule is CCC(=Cc1cc(C)c(-c2ccc3[nH]ccc3c2)cc1C)C(=O)NC(C)C. The average molecular weight is 361 g/mol. The fourth-order valence-corrected chi connectivity index (χ4v) is 3.40. The van der Waals surface area contributed by atoms with Gasteiger partial charge in [-0.3, -0.25) is 4.79 Å². The van der Waals surface area contributed by atoms with Crippen molar-refractivity contribution in [1.82, 2.24) is 10.3 Å². The number of H-pyrrole nitrogens is 1. The Morgan fingerprint density at radius 3 is 2.59 bits per heavy atom. The van der Waals surface area contributed by atoms with E-state index < -0.39 is 0 Å². The zero-order chi connectivity index (χ0) is 19.6. The van der Waals surface area contributed by atoms with E-state index in [-0.39, 0.29) is 11.9 Å². The second kappa shape index (κ2) is 7.83. The molecule has 1 amide bonds. The van der Waals surface area contributed by atoms with Crippen molar-refractivity contribution in [2.45, 2.75) is 47.1 Å². The van der Waals surface area contributed by atoms with Crippen LogP contribution in [0.15, 0.2) is 48.2 Å². The Morgan fingerprint density at radius 1 is 1.11 bits per heavy atom. The Hall–Kier alpha value is -2.81. The van der Waals surface area contributed by atoms with E-state index in [1.165, 1.54) is 27.6 Å². The fraction of sp³-hybridized carbons (Fsp3) is 0.292. The molecule has 3 nitrogen and oxygen atoms in total. The lowest BCUT2D eigenvalue weighted by Crippen LogP contribution is -2.31. The Bertz CT molecular complexity index is 1010. The molecule has 1 heterocycles. The van der Waals surface area contributed by atoms with E-state index in [1.54, 1.807) is 0 Å². The molecule has 1 aromatic heterocycles. The van der Waals surface area contributed by atoms with Crippen LogP contribution in [-0.2, 0) is 4.79 Å². The van der Waals surface area contributed by atoms with Crippen molar-refractivity contribution in [2.75, 3.05) is 0 Å². The molecular weight excluding hydrogens is 332 g/mol. The molecule has 2 aromatic carbocycles. The molecule has 0 aliphatic rings. The minimum Gasteiger partial charge on any atom is -0.361 e. The zero-order valence-corrected chi connectivity index (χ0v) is 16.8. The van der Waals surface area contributed by atoms with E-state index >= 15 is 0 Å². The van der Waals surface area contributed by atoms with Gasteiger partial charge in [0, 0.05) is 23.3 Å². The molecule has 0 bridgehead atoms. The van der Waals surface area contributed by atoms with Gasteiger partial charge in [-0.2, -0.15) is 0 Å². The van der Waals surface area contributed by atoms with Crippen LogP contribution >= 0.6 is 0 Å². The molecule has 3 aromatic rings. The van der Waals surface area contributed by atoms with E-state index in [2.05, 4.69) is 60.5 Å². The van der Waals surface area contributed by atoms with Crippen molar-refractivity contribution in [3.63, 3.8) is 0 Å². The quantitative estimate of drug-likeness (QED) is 0.557. The first kappa shape index (κ1) is 19.0. The first-order valence-electron chi connectivity index (χ1n) is 9.59. The van der Waals surface area contributed by atoms with Gasteiger partial charge in [-0.1, -0.05) is 25.1 Å². The molecule has 0 unspecified atom stereocenters. The van der Waals surface area contributed by atoms with Crippen LogP contribution in [0.3, 0.4) is 0 Å². The minimum absolute atomic E-state index is 0.0199. The van der Waals surface area contributed by atoms with Crippen molar-refractivity contribution < 1.29 is 4.79 Å². The van der Waals surface area contributed by atoms with Gasteiger partial charge in [-0.15, -0.1) is 0 Å². The topological polar surface area (TPSA) is 44.9 Å². The first-order chi connectivity index (χ1) is 12.9. The van der Waals surface area contributed by atoms with Crippen molar-refractivity contribution in [3.05, 3.63) is 64.9 Å². The molecular formula is C24H28N2O. The van der Waals surface area contributed by atoms with Crippen molar-refractivity contribution in [3.8, 4) is 11.1 Å². The Kier molecular flexibility index (Phi) is 5.50. The molecule has 0 saturated carbocycles. The lowest BCUT2D eigenvalue weighted by atomic mass is 9.93. The molecule has 0 saturated heterocycles. The van der Waals surface area contributed by atoms with Crippen LogP contribution in [0.25, 0.3) is 28.1 Å². The number of hydrogen-bond donors (Lipinski definition) is 2. The second-order valence-corrected chi connectivity index (χ2v) is 7.45. The van der Waals surface area contributed by atoms with Gasteiger partial charge >= 0.3 is 0 Å². The maximum absolute atomic E-state index is 12.4. The Morgan fingerprint density at radius 2 is 1.89 bits per heavy atom. The molecule has 0 fully saturated rings. The number of aromatic nitrogens is 1. The third-order valence-corrected chi connectivity index (χ3v) is 4.90. The van der Waals surface area contributed by atoms with Gasteiger partial charge in [0.1, 0.15) is 0 Å². The number of benzene rings is 2. The zero-order valence-electron chi connectivity index (χ0n) is 16.8. The van der Waals surface area contributed by atoms with Crippen molar-refractivity contribution in [1.29, 1.82) is 0 Å². The Balaban J connectivity index is 1.99. The van der Waals surface area contributed by atoms with Crippen LogP contribution in [0.5, 0.6) is 0 Å². The summed E-state index contributed by atoms with van der Waals surface area (Å²) < 4.78 is 0. The van der Waals surface area contributed by atoms with Gasteiger partial charge in [-0.25, -0.2) is 0 Å². The summed E-state index contributed by atoms with van der Waals surface area (Å²) in [7, 11) is 0. The number of aryl methyl sites for hydroxylation is 2. The maximum Gasteiger partial charge on any atom is 0.247 e. The molecule has 0 atom stereocenters. The van der Waals surface area contributed by atoms with Gasteiger partial charge in [0.2, 0.25) is 5.91 Å². The van der Waals surface area contributed by atoms with Crippen molar-refractivity contribution >= 4 is 22.9 Å². The second-order valence-electron chi connectivity index (χ2n) is 7.45. The molecule has 3 heteroatoms. The molecule has 0 radical (unpaired) electrons. The van der Waals surface area contributed by atoms with Crippen LogP contribution in [0, 0.1) is 13.8 Å². The normalized spacial score (nSPS) is 12.0. The van der Waals surface area contributed by atoms with Crippen LogP contribution in [0.4, 0.5) is 0 Å². The van der Waals surface area contributed by atoms with E-state index in [4.69, 9.17) is 0 Å². The highest BCUT2D eigenvalue weighted by atomic mass is 16.1. The third kappa shape index (κ3) is 4.13.